The van der Waals surface area contributed by atoms with Crippen molar-refractivity contribution in [3.05, 3.63) is 42.5 Å². The Morgan fingerprint density at radius 3 is 2.47 bits per heavy atom. The first-order valence-corrected chi connectivity index (χ1v) is 6.03. The molecule has 0 aliphatic rings. The van der Waals surface area contributed by atoms with Crippen molar-refractivity contribution in [1.82, 2.24) is 5.32 Å². The summed E-state index contributed by atoms with van der Waals surface area (Å²) in [6, 6.07) is 6.62. The first-order chi connectivity index (χ1) is 8.90. The van der Waals surface area contributed by atoms with Gasteiger partial charge in [0.25, 0.3) is 0 Å². The van der Waals surface area contributed by atoms with Crippen LogP contribution in [0, 0.1) is 0 Å². The standard InChI is InChI=1S/C14H18F3NO/c1-3-8-19-13-6-4-12(5-7-13)10-18-11(2)9-14(15,16)17/h3-7,11,18H,1,8-10H2,2H3. The zero-order valence-corrected chi connectivity index (χ0v) is 10.8. The quantitative estimate of drug-likeness (QED) is 0.765. The van der Waals surface area contributed by atoms with Crippen LogP contribution >= 0.6 is 0 Å². The third kappa shape index (κ3) is 6.86. The van der Waals surface area contributed by atoms with Crippen molar-refractivity contribution in [3.8, 4) is 5.75 Å². The van der Waals surface area contributed by atoms with E-state index < -0.39 is 18.6 Å². The molecule has 0 spiro atoms. The fourth-order valence-electron chi connectivity index (χ4n) is 1.57. The Balaban J connectivity index is 2.39. The van der Waals surface area contributed by atoms with Gasteiger partial charge in [-0.05, 0) is 24.6 Å². The van der Waals surface area contributed by atoms with E-state index in [1.807, 2.05) is 12.1 Å². The first kappa shape index (κ1) is 15.6. The summed E-state index contributed by atoms with van der Waals surface area (Å²) < 4.78 is 41.7. The molecule has 0 aromatic heterocycles. The average molecular weight is 273 g/mol. The van der Waals surface area contributed by atoms with Gasteiger partial charge in [0.2, 0.25) is 0 Å². The van der Waals surface area contributed by atoms with Crippen LogP contribution in [0.4, 0.5) is 13.2 Å². The van der Waals surface area contributed by atoms with Gasteiger partial charge in [0.15, 0.2) is 0 Å². The van der Waals surface area contributed by atoms with Crippen molar-refractivity contribution in [2.75, 3.05) is 6.61 Å². The summed E-state index contributed by atoms with van der Waals surface area (Å²) >= 11 is 0. The second-order valence-corrected chi connectivity index (χ2v) is 4.34. The zero-order valence-electron chi connectivity index (χ0n) is 10.8. The van der Waals surface area contributed by atoms with Gasteiger partial charge >= 0.3 is 6.18 Å². The molecule has 0 fully saturated rings. The van der Waals surface area contributed by atoms with Crippen LogP contribution < -0.4 is 10.1 Å². The Bertz CT molecular complexity index is 387. The molecule has 0 aliphatic carbocycles. The minimum absolute atomic E-state index is 0.402. The van der Waals surface area contributed by atoms with Gasteiger partial charge in [-0.1, -0.05) is 24.8 Å². The maximum atomic E-state index is 12.1. The summed E-state index contributed by atoms with van der Waals surface area (Å²) in [5.41, 5.74) is 0.917. The number of ether oxygens (including phenoxy) is 1. The largest absolute Gasteiger partial charge is 0.490 e. The van der Waals surface area contributed by atoms with E-state index in [2.05, 4.69) is 11.9 Å². The summed E-state index contributed by atoms with van der Waals surface area (Å²) in [7, 11) is 0. The van der Waals surface area contributed by atoms with Crippen molar-refractivity contribution >= 4 is 0 Å². The molecule has 2 nitrogen and oxygen atoms in total. The van der Waals surface area contributed by atoms with Gasteiger partial charge in [0.05, 0.1) is 6.42 Å². The minimum atomic E-state index is -4.13. The molecule has 0 heterocycles. The lowest BCUT2D eigenvalue weighted by Gasteiger charge is -2.15. The summed E-state index contributed by atoms with van der Waals surface area (Å²) in [4.78, 5) is 0. The van der Waals surface area contributed by atoms with Gasteiger partial charge in [-0.3, -0.25) is 0 Å². The summed E-state index contributed by atoms with van der Waals surface area (Å²) in [5.74, 6) is 0.715. The van der Waals surface area contributed by atoms with E-state index in [0.29, 0.717) is 18.9 Å². The molecule has 106 valence electrons. The Kier molecular flexibility index (Phi) is 5.89. The Labute approximate surface area is 111 Å². The van der Waals surface area contributed by atoms with Crippen LogP contribution in [-0.2, 0) is 6.54 Å². The zero-order chi connectivity index (χ0) is 14.3. The van der Waals surface area contributed by atoms with Gasteiger partial charge in [0.1, 0.15) is 12.4 Å². The number of hydrogen-bond donors (Lipinski definition) is 1. The lowest BCUT2D eigenvalue weighted by molar-refractivity contribution is -0.139. The second-order valence-electron chi connectivity index (χ2n) is 4.34. The van der Waals surface area contributed by atoms with Crippen molar-refractivity contribution < 1.29 is 17.9 Å². The molecule has 1 N–H and O–H groups in total. The number of alkyl halides is 3. The molecule has 5 heteroatoms. The third-order valence-corrected chi connectivity index (χ3v) is 2.48. The topological polar surface area (TPSA) is 21.3 Å². The van der Waals surface area contributed by atoms with Gasteiger partial charge in [-0.2, -0.15) is 13.2 Å². The highest BCUT2D eigenvalue weighted by atomic mass is 19.4. The van der Waals surface area contributed by atoms with E-state index in [1.54, 1.807) is 18.2 Å². The van der Waals surface area contributed by atoms with Gasteiger partial charge < -0.3 is 10.1 Å². The predicted molar refractivity (Wildman–Crippen MR) is 69.1 cm³/mol. The van der Waals surface area contributed by atoms with Crippen LogP contribution in [0.25, 0.3) is 0 Å². The molecular formula is C14H18F3NO. The number of benzene rings is 1. The molecule has 19 heavy (non-hydrogen) atoms. The molecule has 0 bridgehead atoms. The molecule has 1 unspecified atom stereocenters. The first-order valence-electron chi connectivity index (χ1n) is 6.03. The monoisotopic (exact) mass is 273 g/mol. The van der Waals surface area contributed by atoms with E-state index in [0.717, 1.165) is 5.56 Å². The molecule has 0 saturated carbocycles. The predicted octanol–water partition coefficient (Wildman–Crippen LogP) is 3.68. The highest BCUT2D eigenvalue weighted by molar-refractivity contribution is 5.27. The molecule has 0 aliphatic heterocycles. The van der Waals surface area contributed by atoms with Crippen molar-refractivity contribution in [2.45, 2.75) is 32.1 Å². The van der Waals surface area contributed by atoms with Crippen LogP contribution in [-0.4, -0.2) is 18.8 Å². The molecule has 1 atom stereocenters. The van der Waals surface area contributed by atoms with Gasteiger partial charge in [0, 0.05) is 12.6 Å². The molecular weight excluding hydrogens is 255 g/mol. The second kappa shape index (κ2) is 7.19. The molecule has 1 aromatic carbocycles. The number of nitrogens with one attached hydrogen (secondary N) is 1. The molecule has 0 radical (unpaired) electrons. The highest BCUT2D eigenvalue weighted by Gasteiger charge is 2.29. The van der Waals surface area contributed by atoms with Crippen LogP contribution in [0.1, 0.15) is 18.9 Å². The average Bonchev–Trinajstić information content (AvgIpc) is 2.33. The molecule has 1 aromatic rings. The van der Waals surface area contributed by atoms with Crippen molar-refractivity contribution in [2.24, 2.45) is 0 Å². The Hall–Kier alpha value is -1.49. The normalized spacial score (nSPS) is 13.1. The highest BCUT2D eigenvalue weighted by Crippen LogP contribution is 2.21. The lowest BCUT2D eigenvalue weighted by Crippen LogP contribution is -2.30. The number of rotatable bonds is 7. The van der Waals surface area contributed by atoms with Gasteiger partial charge in [-0.15, -0.1) is 0 Å². The van der Waals surface area contributed by atoms with Crippen LogP contribution in [0.5, 0.6) is 5.75 Å². The van der Waals surface area contributed by atoms with E-state index in [1.165, 1.54) is 6.92 Å². The smallest absolute Gasteiger partial charge is 0.390 e. The molecule has 0 amide bonds. The van der Waals surface area contributed by atoms with Crippen LogP contribution in [0.3, 0.4) is 0 Å². The Morgan fingerprint density at radius 2 is 1.95 bits per heavy atom. The minimum Gasteiger partial charge on any atom is -0.490 e. The van der Waals surface area contributed by atoms with E-state index >= 15 is 0 Å². The van der Waals surface area contributed by atoms with E-state index in [4.69, 9.17) is 4.74 Å². The van der Waals surface area contributed by atoms with Gasteiger partial charge in [-0.25, -0.2) is 0 Å². The van der Waals surface area contributed by atoms with E-state index in [-0.39, 0.29) is 0 Å². The van der Waals surface area contributed by atoms with Crippen molar-refractivity contribution in [1.29, 1.82) is 0 Å². The summed E-state index contributed by atoms with van der Waals surface area (Å²) in [5, 5.41) is 2.84. The lowest BCUT2D eigenvalue weighted by atomic mass is 10.2. The molecule has 0 saturated heterocycles. The summed E-state index contributed by atoms with van der Waals surface area (Å²) in [6.45, 7) is 5.90. The van der Waals surface area contributed by atoms with E-state index in [9.17, 15) is 13.2 Å². The van der Waals surface area contributed by atoms with Crippen molar-refractivity contribution in [3.63, 3.8) is 0 Å². The maximum Gasteiger partial charge on any atom is 0.390 e. The number of halogens is 3. The molecule has 1 rings (SSSR count). The maximum absolute atomic E-state index is 12.1. The number of hydrogen-bond acceptors (Lipinski definition) is 2. The SMILES string of the molecule is C=CCOc1ccc(CNC(C)CC(F)(F)F)cc1. The van der Waals surface area contributed by atoms with Crippen LogP contribution in [0.15, 0.2) is 36.9 Å². The summed E-state index contributed by atoms with van der Waals surface area (Å²) in [6.07, 6.45) is -3.31. The fraction of sp³-hybridized carbons (Fsp3) is 0.429. The Morgan fingerprint density at radius 1 is 1.32 bits per heavy atom. The van der Waals surface area contributed by atoms with Crippen LogP contribution in [0.2, 0.25) is 0 Å². The fourth-order valence-corrected chi connectivity index (χ4v) is 1.57. The third-order valence-electron chi connectivity index (χ3n) is 2.48.